The number of hydrogen-bond acceptors (Lipinski definition) is 4. The summed E-state index contributed by atoms with van der Waals surface area (Å²) in [6.07, 6.45) is 0. The number of benzene rings is 2. The van der Waals surface area contributed by atoms with Crippen LogP contribution in [0.15, 0.2) is 30.3 Å². The van der Waals surface area contributed by atoms with Gasteiger partial charge in [0.05, 0.1) is 10.7 Å². The Morgan fingerprint density at radius 2 is 1.69 bits per heavy atom. The van der Waals surface area contributed by atoms with Crippen molar-refractivity contribution in [2.45, 2.75) is 27.7 Å². The molecule has 0 bridgehead atoms. The largest absolute Gasteiger partial charge is 0.482 e. The molecule has 6 heteroatoms. The van der Waals surface area contributed by atoms with Crippen LogP contribution in [0.4, 0.5) is 5.69 Å². The van der Waals surface area contributed by atoms with Gasteiger partial charge >= 0.3 is 5.97 Å². The normalized spacial score (nSPS) is 10.3. The maximum absolute atomic E-state index is 12.0. The lowest BCUT2D eigenvalue weighted by atomic mass is 10.1. The predicted octanol–water partition coefficient (Wildman–Crippen LogP) is 4.13. The zero-order valence-corrected chi connectivity index (χ0v) is 16.1. The molecule has 0 saturated heterocycles. The molecule has 0 aliphatic carbocycles. The molecule has 2 rings (SSSR count). The smallest absolute Gasteiger partial charge is 0.344 e. The minimum atomic E-state index is -0.620. The molecule has 0 aromatic heterocycles. The zero-order valence-electron chi connectivity index (χ0n) is 15.3. The van der Waals surface area contributed by atoms with Crippen molar-refractivity contribution in [2.75, 3.05) is 18.5 Å². The van der Waals surface area contributed by atoms with Gasteiger partial charge < -0.3 is 14.8 Å². The second-order valence-corrected chi connectivity index (χ2v) is 6.59. The summed E-state index contributed by atoms with van der Waals surface area (Å²) in [6.45, 7) is 7.05. The van der Waals surface area contributed by atoms with Crippen LogP contribution in [-0.4, -0.2) is 25.1 Å². The number of halogens is 1. The van der Waals surface area contributed by atoms with Crippen molar-refractivity contribution in [1.82, 2.24) is 0 Å². The molecule has 26 heavy (non-hydrogen) atoms. The summed E-state index contributed by atoms with van der Waals surface area (Å²) in [5, 5.41) is 3.10. The third kappa shape index (κ3) is 5.49. The summed E-state index contributed by atoms with van der Waals surface area (Å²) in [5.74, 6) is -0.500. The fourth-order valence-corrected chi connectivity index (χ4v) is 2.75. The molecule has 2 aromatic rings. The van der Waals surface area contributed by atoms with Crippen LogP contribution in [-0.2, 0) is 14.3 Å². The summed E-state index contributed by atoms with van der Waals surface area (Å²) < 4.78 is 10.3. The van der Waals surface area contributed by atoms with Crippen LogP contribution in [0.3, 0.4) is 0 Å². The van der Waals surface area contributed by atoms with Gasteiger partial charge in [0.25, 0.3) is 5.91 Å². The SMILES string of the molecule is Cc1cc(C)c(NC(=O)COC(=O)COc2ccc(C)c(C)c2)c(Cl)c1. The Morgan fingerprint density at radius 3 is 2.35 bits per heavy atom. The Balaban J connectivity index is 1.81. The van der Waals surface area contributed by atoms with E-state index in [1.807, 2.05) is 45.9 Å². The first kappa shape index (κ1) is 19.8. The molecule has 0 aliphatic heterocycles. The van der Waals surface area contributed by atoms with Crippen LogP contribution in [0.1, 0.15) is 22.3 Å². The highest BCUT2D eigenvalue weighted by Gasteiger charge is 2.12. The van der Waals surface area contributed by atoms with Crippen molar-refractivity contribution in [2.24, 2.45) is 0 Å². The molecule has 0 radical (unpaired) electrons. The highest BCUT2D eigenvalue weighted by molar-refractivity contribution is 6.34. The summed E-state index contributed by atoms with van der Waals surface area (Å²) in [7, 11) is 0. The standard InChI is InChI=1S/C20H22ClNO4/c1-12-7-15(4)20(17(21)8-12)22-18(23)10-26-19(24)11-25-16-6-5-13(2)14(3)9-16/h5-9H,10-11H2,1-4H3,(H,22,23). The topological polar surface area (TPSA) is 64.6 Å². The number of carbonyl (C=O) groups excluding carboxylic acids is 2. The number of hydrogen-bond donors (Lipinski definition) is 1. The lowest BCUT2D eigenvalue weighted by Gasteiger charge is -2.12. The number of esters is 1. The van der Waals surface area contributed by atoms with E-state index in [1.165, 1.54) is 0 Å². The number of anilines is 1. The van der Waals surface area contributed by atoms with Gasteiger partial charge in [-0.15, -0.1) is 0 Å². The van der Waals surface area contributed by atoms with Gasteiger partial charge in [-0.05, 0) is 68.1 Å². The summed E-state index contributed by atoms with van der Waals surface area (Å²) >= 11 is 6.14. The molecule has 0 fully saturated rings. The maximum Gasteiger partial charge on any atom is 0.344 e. The molecule has 5 nitrogen and oxygen atoms in total. The zero-order chi connectivity index (χ0) is 19.3. The number of ether oxygens (including phenoxy) is 2. The highest BCUT2D eigenvalue weighted by atomic mass is 35.5. The minimum Gasteiger partial charge on any atom is -0.482 e. The van der Waals surface area contributed by atoms with Gasteiger partial charge in [0.15, 0.2) is 13.2 Å². The van der Waals surface area contributed by atoms with Crippen molar-refractivity contribution in [1.29, 1.82) is 0 Å². The minimum absolute atomic E-state index is 0.264. The Kier molecular flexibility index (Phi) is 6.64. The van der Waals surface area contributed by atoms with Gasteiger partial charge in [-0.2, -0.15) is 0 Å². The van der Waals surface area contributed by atoms with Crippen molar-refractivity contribution >= 4 is 29.2 Å². The lowest BCUT2D eigenvalue weighted by molar-refractivity contribution is -0.149. The van der Waals surface area contributed by atoms with Gasteiger partial charge in [0.1, 0.15) is 5.75 Å². The summed E-state index contributed by atoms with van der Waals surface area (Å²) in [4.78, 5) is 23.7. The molecule has 0 aliphatic rings. The monoisotopic (exact) mass is 375 g/mol. The van der Waals surface area contributed by atoms with E-state index in [1.54, 1.807) is 12.1 Å². The van der Waals surface area contributed by atoms with E-state index >= 15 is 0 Å². The molecule has 0 spiro atoms. The Bertz CT molecular complexity index is 810. The Labute approximate surface area is 158 Å². The highest BCUT2D eigenvalue weighted by Crippen LogP contribution is 2.27. The van der Waals surface area contributed by atoms with Gasteiger partial charge in [-0.3, -0.25) is 4.79 Å². The third-order valence-corrected chi connectivity index (χ3v) is 4.19. The quantitative estimate of drug-likeness (QED) is 0.771. The van der Waals surface area contributed by atoms with Crippen molar-refractivity contribution in [3.63, 3.8) is 0 Å². The van der Waals surface area contributed by atoms with Gasteiger partial charge in [0.2, 0.25) is 0 Å². The molecule has 0 heterocycles. The van der Waals surface area contributed by atoms with Gasteiger partial charge in [-0.25, -0.2) is 4.79 Å². The fourth-order valence-electron chi connectivity index (χ4n) is 2.38. The van der Waals surface area contributed by atoms with E-state index in [-0.39, 0.29) is 6.61 Å². The molecule has 1 amide bonds. The van der Waals surface area contributed by atoms with Crippen LogP contribution in [0.25, 0.3) is 0 Å². The molecule has 138 valence electrons. The van der Waals surface area contributed by atoms with Gasteiger partial charge in [-0.1, -0.05) is 23.7 Å². The third-order valence-electron chi connectivity index (χ3n) is 3.90. The van der Waals surface area contributed by atoms with Crippen LogP contribution >= 0.6 is 11.6 Å². The second kappa shape index (κ2) is 8.72. The fraction of sp³-hybridized carbons (Fsp3) is 0.300. The summed E-state index contributed by atoms with van der Waals surface area (Å²) in [6, 6.07) is 9.21. The molecule has 0 unspecified atom stereocenters. The Hall–Kier alpha value is -2.53. The average Bonchev–Trinajstić information content (AvgIpc) is 2.57. The van der Waals surface area contributed by atoms with E-state index in [4.69, 9.17) is 21.1 Å². The number of amides is 1. The van der Waals surface area contributed by atoms with E-state index in [0.717, 1.165) is 22.3 Å². The molecule has 1 N–H and O–H groups in total. The number of carbonyl (C=O) groups is 2. The second-order valence-electron chi connectivity index (χ2n) is 6.18. The summed E-state index contributed by atoms with van der Waals surface area (Å²) in [5.41, 5.74) is 4.57. The van der Waals surface area contributed by atoms with Crippen LogP contribution in [0.2, 0.25) is 5.02 Å². The Morgan fingerprint density at radius 1 is 0.962 bits per heavy atom. The first-order valence-corrected chi connectivity index (χ1v) is 8.56. The van der Waals surface area contributed by atoms with Crippen LogP contribution in [0.5, 0.6) is 5.75 Å². The van der Waals surface area contributed by atoms with E-state index in [0.29, 0.717) is 16.5 Å². The van der Waals surface area contributed by atoms with E-state index in [9.17, 15) is 9.59 Å². The average molecular weight is 376 g/mol. The van der Waals surface area contributed by atoms with Crippen molar-refractivity contribution in [3.8, 4) is 5.75 Å². The van der Waals surface area contributed by atoms with Crippen LogP contribution < -0.4 is 10.1 Å². The van der Waals surface area contributed by atoms with Crippen molar-refractivity contribution in [3.05, 3.63) is 57.6 Å². The molecular formula is C20H22ClNO4. The maximum atomic E-state index is 12.0. The first-order chi connectivity index (χ1) is 12.3. The van der Waals surface area contributed by atoms with E-state index in [2.05, 4.69) is 5.32 Å². The van der Waals surface area contributed by atoms with E-state index < -0.39 is 18.5 Å². The number of aryl methyl sites for hydroxylation is 4. The number of nitrogens with one attached hydrogen (secondary N) is 1. The molecule has 0 atom stereocenters. The van der Waals surface area contributed by atoms with Crippen molar-refractivity contribution < 1.29 is 19.1 Å². The first-order valence-electron chi connectivity index (χ1n) is 8.18. The molecular weight excluding hydrogens is 354 g/mol. The molecule has 0 saturated carbocycles. The number of rotatable bonds is 6. The van der Waals surface area contributed by atoms with Gasteiger partial charge in [0, 0.05) is 0 Å². The lowest BCUT2D eigenvalue weighted by Crippen LogP contribution is -2.24. The molecule has 2 aromatic carbocycles. The van der Waals surface area contributed by atoms with Crippen LogP contribution in [0, 0.1) is 27.7 Å². The predicted molar refractivity (Wildman–Crippen MR) is 102 cm³/mol.